The molecule has 168 valence electrons. The SMILES string of the molecule is CCc1ccc(NC(=O)/C=C/c2c(C)nn(Cc3ccccc3Cl)c2C)cc1S(N)(=O)=O. The summed E-state index contributed by atoms with van der Waals surface area (Å²) >= 11 is 6.26. The number of rotatable bonds is 7. The fraction of sp³-hybridized carbons (Fsp3) is 0.217. The van der Waals surface area contributed by atoms with Crippen LogP contribution >= 0.6 is 11.6 Å². The van der Waals surface area contributed by atoms with Gasteiger partial charge in [0, 0.05) is 28.0 Å². The van der Waals surface area contributed by atoms with Crippen molar-refractivity contribution >= 4 is 39.3 Å². The van der Waals surface area contributed by atoms with Crippen LogP contribution in [0.25, 0.3) is 6.08 Å². The lowest BCUT2D eigenvalue weighted by atomic mass is 10.1. The van der Waals surface area contributed by atoms with Crippen molar-refractivity contribution in [3.8, 4) is 0 Å². The van der Waals surface area contributed by atoms with E-state index in [1.54, 1.807) is 18.2 Å². The predicted molar refractivity (Wildman–Crippen MR) is 127 cm³/mol. The number of nitrogens with two attached hydrogens (primary N) is 1. The van der Waals surface area contributed by atoms with Crippen molar-refractivity contribution < 1.29 is 13.2 Å². The number of benzene rings is 2. The number of hydrogen-bond donors (Lipinski definition) is 2. The predicted octanol–water partition coefficient (Wildman–Crippen LogP) is 4.06. The van der Waals surface area contributed by atoms with E-state index in [4.69, 9.17) is 16.7 Å². The molecule has 0 aliphatic heterocycles. The van der Waals surface area contributed by atoms with Crippen molar-refractivity contribution in [1.29, 1.82) is 0 Å². The van der Waals surface area contributed by atoms with Crippen molar-refractivity contribution in [3.05, 3.63) is 81.6 Å². The first-order chi connectivity index (χ1) is 15.1. The molecule has 1 heterocycles. The summed E-state index contributed by atoms with van der Waals surface area (Å²) in [5.41, 5.74) is 4.41. The number of anilines is 1. The Morgan fingerprint density at radius 3 is 2.56 bits per heavy atom. The van der Waals surface area contributed by atoms with Crippen LogP contribution in [0.1, 0.15) is 35.0 Å². The summed E-state index contributed by atoms with van der Waals surface area (Å²) in [5.74, 6) is -0.396. The van der Waals surface area contributed by atoms with Gasteiger partial charge in [-0.3, -0.25) is 9.48 Å². The van der Waals surface area contributed by atoms with Gasteiger partial charge in [-0.25, -0.2) is 13.6 Å². The maximum absolute atomic E-state index is 12.4. The monoisotopic (exact) mass is 472 g/mol. The number of halogens is 1. The molecule has 0 saturated heterocycles. The first-order valence-electron chi connectivity index (χ1n) is 10.0. The van der Waals surface area contributed by atoms with Crippen LogP contribution in [0.2, 0.25) is 5.02 Å². The minimum atomic E-state index is -3.89. The lowest BCUT2D eigenvalue weighted by molar-refractivity contribution is -0.111. The molecule has 1 amide bonds. The molecule has 0 saturated carbocycles. The maximum atomic E-state index is 12.4. The third kappa shape index (κ3) is 5.45. The topological polar surface area (TPSA) is 107 Å². The van der Waals surface area contributed by atoms with Crippen molar-refractivity contribution in [3.63, 3.8) is 0 Å². The third-order valence-electron chi connectivity index (χ3n) is 5.14. The molecule has 2 aromatic carbocycles. The Bertz CT molecular complexity index is 1300. The van der Waals surface area contributed by atoms with Crippen LogP contribution in [0.5, 0.6) is 0 Å². The normalized spacial score (nSPS) is 11.8. The Morgan fingerprint density at radius 1 is 1.19 bits per heavy atom. The molecular weight excluding hydrogens is 448 g/mol. The molecule has 0 unspecified atom stereocenters. The average Bonchev–Trinajstić information content (AvgIpc) is 3.00. The number of nitrogens with zero attached hydrogens (tertiary/aromatic N) is 2. The Labute approximate surface area is 192 Å². The van der Waals surface area contributed by atoms with Gasteiger partial charge < -0.3 is 5.32 Å². The number of nitrogens with one attached hydrogen (secondary N) is 1. The molecule has 9 heteroatoms. The van der Waals surface area contributed by atoms with Crippen LogP contribution < -0.4 is 10.5 Å². The quantitative estimate of drug-likeness (QED) is 0.505. The van der Waals surface area contributed by atoms with E-state index in [1.807, 2.05) is 49.7 Å². The van der Waals surface area contributed by atoms with E-state index in [9.17, 15) is 13.2 Å². The summed E-state index contributed by atoms with van der Waals surface area (Å²) in [7, 11) is -3.89. The number of aryl methyl sites for hydroxylation is 2. The van der Waals surface area contributed by atoms with Crippen LogP contribution in [0.3, 0.4) is 0 Å². The fourth-order valence-electron chi connectivity index (χ4n) is 3.43. The number of carbonyl (C=O) groups excluding carboxylic acids is 1. The molecule has 3 rings (SSSR count). The minimum Gasteiger partial charge on any atom is -0.322 e. The van der Waals surface area contributed by atoms with Gasteiger partial charge in [0.05, 0.1) is 17.1 Å². The lowest BCUT2D eigenvalue weighted by Gasteiger charge is -2.09. The van der Waals surface area contributed by atoms with Crippen molar-refractivity contribution in [2.75, 3.05) is 5.32 Å². The second-order valence-electron chi connectivity index (χ2n) is 7.38. The number of sulfonamides is 1. The molecule has 0 aliphatic rings. The van der Waals surface area contributed by atoms with Gasteiger partial charge in [-0.2, -0.15) is 5.10 Å². The van der Waals surface area contributed by atoms with Crippen LogP contribution in [0.15, 0.2) is 53.4 Å². The van der Waals surface area contributed by atoms with Crippen LogP contribution in [0, 0.1) is 13.8 Å². The van der Waals surface area contributed by atoms with E-state index < -0.39 is 15.9 Å². The highest BCUT2D eigenvalue weighted by molar-refractivity contribution is 7.89. The average molecular weight is 473 g/mol. The second-order valence-corrected chi connectivity index (χ2v) is 9.31. The number of aromatic nitrogens is 2. The molecule has 32 heavy (non-hydrogen) atoms. The van der Waals surface area contributed by atoms with Gasteiger partial charge in [-0.1, -0.05) is 42.8 Å². The van der Waals surface area contributed by atoms with E-state index in [0.29, 0.717) is 29.2 Å². The summed E-state index contributed by atoms with van der Waals surface area (Å²) in [6, 6.07) is 12.2. The zero-order chi connectivity index (χ0) is 23.5. The minimum absolute atomic E-state index is 0.00863. The van der Waals surface area contributed by atoms with E-state index in [0.717, 1.165) is 22.5 Å². The van der Waals surface area contributed by atoms with Gasteiger partial charge in [0.15, 0.2) is 0 Å². The lowest BCUT2D eigenvalue weighted by Crippen LogP contribution is -2.16. The number of hydrogen-bond acceptors (Lipinski definition) is 4. The zero-order valence-corrected chi connectivity index (χ0v) is 19.7. The summed E-state index contributed by atoms with van der Waals surface area (Å²) in [4.78, 5) is 12.5. The molecule has 7 nitrogen and oxygen atoms in total. The van der Waals surface area contributed by atoms with Crippen LogP contribution in [-0.4, -0.2) is 24.1 Å². The van der Waals surface area contributed by atoms with Crippen LogP contribution in [0.4, 0.5) is 5.69 Å². The van der Waals surface area contributed by atoms with Gasteiger partial charge in [0.2, 0.25) is 15.9 Å². The summed E-state index contributed by atoms with van der Waals surface area (Å²) in [6.45, 7) is 6.15. The van der Waals surface area contributed by atoms with Crippen molar-refractivity contribution in [2.24, 2.45) is 5.14 Å². The smallest absolute Gasteiger partial charge is 0.248 e. The molecular formula is C23H25ClN4O3S. The van der Waals surface area contributed by atoms with E-state index >= 15 is 0 Å². The maximum Gasteiger partial charge on any atom is 0.248 e. The Kier molecular flexibility index (Phi) is 7.18. The molecule has 0 bridgehead atoms. The first kappa shape index (κ1) is 23.7. The first-order valence-corrected chi connectivity index (χ1v) is 11.9. The highest BCUT2D eigenvalue weighted by Crippen LogP contribution is 2.22. The summed E-state index contributed by atoms with van der Waals surface area (Å²) < 4.78 is 25.5. The van der Waals surface area contributed by atoms with E-state index in [-0.39, 0.29) is 4.90 Å². The third-order valence-corrected chi connectivity index (χ3v) is 6.50. The summed E-state index contributed by atoms with van der Waals surface area (Å²) in [5, 5.41) is 13.2. The largest absolute Gasteiger partial charge is 0.322 e. The molecule has 0 aliphatic carbocycles. The van der Waals surface area contributed by atoms with Gasteiger partial charge in [0.1, 0.15) is 0 Å². The van der Waals surface area contributed by atoms with E-state index in [1.165, 1.54) is 12.1 Å². The van der Waals surface area contributed by atoms with Crippen molar-refractivity contribution in [2.45, 2.75) is 38.6 Å². The fourth-order valence-corrected chi connectivity index (χ4v) is 4.49. The molecule has 0 atom stereocenters. The molecule has 0 radical (unpaired) electrons. The van der Waals surface area contributed by atoms with E-state index in [2.05, 4.69) is 10.4 Å². The molecule has 0 spiro atoms. The Balaban J connectivity index is 1.78. The molecule has 1 aromatic heterocycles. The van der Waals surface area contributed by atoms with Gasteiger partial charge in [0.25, 0.3) is 0 Å². The van der Waals surface area contributed by atoms with Gasteiger partial charge >= 0.3 is 0 Å². The molecule has 3 N–H and O–H groups in total. The van der Waals surface area contributed by atoms with Crippen molar-refractivity contribution in [1.82, 2.24) is 9.78 Å². The number of carbonyl (C=O) groups is 1. The van der Waals surface area contributed by atoms with Gasteiger partial charge in [-0.05, 0) is 55.7 Å². The molecule has 3 aromatic rings. The number of primary sulfonamides is 1. The zero-order valence-electron chi connectivity index (χ0n) is 18.1. The van der Waals surface area contributed by atoms with Crippen LogP contribution in [-0.2, 0) is 27.8 Å². The Hall–Kier alpha value is -2.94. The number of amides is 1. The summed E-state index contributed by atoms with van der Waals surface area (Å²) in [6.07, 6.45) is 3.59. The highest BCUT2D eigenvalue weighted by atomic mass is 35.5. The standard InChI is InChI=1S/C23H25ClN4O3S/c1-4-17-9-10-19(13-22(17)32(25,30)31)26-23(29)12-11-20-15(2)27-28(16(20)3)14-18-7-5-6-8-21(18)24/h5-13H,4,14H2,1-3H3,(H,26,29)(H2,25,30,31)/b12-11+. The molecule has 0 fully saturated rings. The Morgan fingerprint density at radius 2 is 1.91 bits per heavy atom. The highest BCUT2D eigenvalue weighted by Gasteiger charge is 2.15. The second kappa shape index (κ2) is 9.68. The van der Waals surface area contributed by atoms with Gasteiger partial charge in [-0.15, -0.1) is 0 Å².